The lowest BCUT2D eigenvalue weighted by atomic mass is 10.0. The number of carbonyl (C=O) groups excluding carboxylic acids is 1. The van der Waals surface area contributed by atoms with Crippen LogP contribution in [0.3, 0.4) is 0 Å². The first-order chi connectivity index (χ1) is 9.63. The van der Waals surface area contributed by atoms with Crippen LogP contribution < -0.4 is 5.32 Å². The maximum Gasteiger partial charge on any atom is 0.247 e. The van der Waals surface area contributed by atoms with Gasteiger partial charge < -0.3 is 15.3 Å². The van der Waals surface area contributed by atoms with E-state index in [-0.39, 0.29) is 36.9 Å². The molecule has 0 bridgehead atoms. The van der Waals surface area contributed by atoms with E-state index in [1.165, 1.54) is 0 Å². The molecular formula is C13H24ClN5O2. The van der Waals surface area contributed by atoms with Gasteiger partial charge in [0.2, 0.25) is 5.91 Å². The molecule has 120 valence electrons. The van der Waals surface area contributed by atoms with E-state index in [4.69, 9.17) is 5.11 Å². The predicted octanol–water partition coefficient (Wildman–Crippen LogP) is -0.136. The Balaban J connectivity index is 0.00000220. The van der Waals surface area contributed by atoms with Gasteiger partial charge in [-0.05, 0) is 5.92 Å². The molecule has 21 heavy (non-hydrogen) atoms. The monoisotopic (exact) mass is 317 g/mol. The summed E-state index contributed by atoms with van der Waals surface area (Å²) in [6.07, 6.45) is 2.23. The van der Waals surface area contributed by atoms with Crippen LogP contribution in [0.15, 0.2) is 6.20 Å². The lowest BCUT2D eigenvalue weighted by molar-refractivity contribution is -0.137. The lowest BCUT2D eigenvalue weighted by Gasteiger charge is -2.32. The van der Waals surface area contributed by atoms with Crippen molar-refractivity contribution < 1.29 is 9.90 Å². The van der Waals surface area contributed by atoms with E-state index in [1.54, 1.807) is 10.9 Å². The second-order valence-electron chi connectivity index (χ2n) is 5.43. The topological polar surface area (TPSA) is 83.3 Å². The fourth-order valence-corrected chi connectivity index (χ4v) is 2.45. The molecule has 1 saturated heterocycles. The molecule has 2 N–H and O–H groups in total. The molecule has 2 rings (SSSR count). The Morgan fingerprint density at radius 3 is 2.67 bits per heavy atom. The number of rotatable bonds is 5. The summed E-state index contributed by atoms with van der Waals surface area (Å²) in [7, 11) is 0. The van der Waals surface area contributed by atoms with Crippen molar-refractivity contribution in [1.29, 1.82) is 0 Å². The number of nitrogens with one attached hydrogen (secondary N) is 1. The highest BCUT2D eigenvalue weighted by Gasteiger charge is 2.30. The highest BCUT2D eigenvalue weighted by molar-refractivity contribution is 5.85. The van der Waals surface area contributed by atoms with Crippen molar-refractivity contribution in [2.45, 2.75) is 26.3 Å². The minimum Gasteiger partial charge on any atom is -0.396 e. The average molecular weight is 318 g/mol. The molecule has 1 atom stereocenters. The van der Waals surface area contributed by atoms with Crippen molar-refractivity contribution in [2.75, 3.05) is 32.8 Å². The zero-order chi connectivity index (χ0) is 14.5. The molecule has 8 heteroatoms. The van der Waals surface area contributed by atoms with Crippen LogP contribution in [0.1, 0.15) is 25.6 Å². The Kier molecular flexibility index (Phi) is 7.07. The summed E-state index contributed by atoms with van der Waals surface area (Å²) in [5.41, 5.74) is 0.714. The van der Waals surface area contributed by atoms with Crippen LogP contribution in [0.5, 0.6) is 0 Å². The molecule has 0 aromatic carbocycles. The van der Waals surface area contributed by atoms with Gasteiger partial charge in [0.05, 0.1) is 5.69 Å². The van der Waals surface area contributed by atoms with Gasteiger partial charge in [-0.1, -0.05) is 19.1 Å². The van der Waals surface area contributed by atoms with Gasteiger partial charge >= 0.3 is 0 Å². The molecule has 1 aliphatic heterocycles. The Hall–Kier alpha value is -1.18. The van der Waals surface area contributed by atoms with Crippen LogP contribution in [0, 0.1) is 5.92 Å². The standard InChI is InChI=1S/C13H23N5O2.ClH/c1-10(2)12(13(20)17-6-4-14-5-7-17)18-9-11(3-8-19)15-16-18;/h9-10,12,14,19H,3-8H2,1-2H3;1H/t12-;/m0./s1. The average Bonchev–Trinajstić information content (AvgIpc) is 2.88. The highest BCUT2D eigenvalue weighted by atomic mass is 35.5. The molecule has 0 spiro atoms. The zero-order valence-corrected chi connectivity index (χ0v) is 13.3. The summed E-state index contributed by atoms with van der Waals surface area (Å²) in [6, 6.07) is -0.326. The number of amides is 1. The second-order valence-corrected chi connectivity index (χ2v) is 5.43. The summed E-state index contributed by atoms with van der Waals surface area (Å²) in [5, 5.41) is 20.2. The number of aliphatic hydroxyl groups excluding tert-OH is 1. The molecule has 0 radical (unpaired) electrons. The number of hydrogen-bond acceptors (Lipinski definition) is 5. The van der Waals surface area contributed by atoms with Gasteiger partial charge in [0.1, 0.15) is 6.04 Å². The van der Waals surface area contributed by atoms with Crippen LogP contribution in [0.2, 0.25) is 0 Å². The van der Waals surface area contributed by atoms with Crippen LogP contribution >= 0.6 is 12.4 Å². The smallest absolute Gasteiger partial charge is 0.247 e. The lowest BCUT2D eigenvalue weighted by Crippen LogP contribution is -2.49. The molecule has 1 aromatic heterocycles. The van der Waals surface area contributed by atoms with Gasteiger partial charge in [0.25, 0.3) is 0 Å². The third kappa shape index (κ3) is 4.39. The van der Waals surface area contributed by atoms with Gasteiger partial charge in [0, 0.05) is 45.4 Å². The van der Waals surface area contributed by atoms with E-state index in [0.29, 0.717) is 12.1 Å². The maximum absolute atomic E-state index is 12.7. The number of carbonyl (C=O) groups is 1. The number of aliphatic hydroxyl groups is 1. The van der Waals surface area contributed by atoms with Gasteiger partial charge in [-0.2, -0.15) is 0 Å². The van der Waals surface area contributed by atoms with E-state index in [2.05, 4.69) is 15.6 Å². The van der Waals surface area contributed by atoms with Crippen molar-refractivity contribution in [1.82, 2.24) is 25.2 Å². The summed E-state index contributed by atoms with van der Waals surface area (Å²) >= 11 is 0. The zero-order valence-electron chi connectivity index (χ0n) is 12.5. The summed E-state index contributed by atoms with van der Waals surface area (Å²) in [4.78, 5) is 14.6. The maximum atomic E-state index is 12.7. The fourth-order valence-electron chi connectivity index (χ4n) is 2.45. The van der Waals surface area contributed by atoms with E-state index in [0.717, 1.165) is 26.2 Å². The van der Waals surface area contributed by atoms with Crippen LogP contribution in [0.4, 0.5) is 0 Å². The first kappa shape index (κ1) is 17.9. The Morgan fingerprint density at radius 2 is 2.10 bits per heavy atom. The van der Waals surface area contributed by atoms with Crippen molar-refractivity contribution >= 4 is 18.3 Å². The molecule has 1 fully saturated rings. The van der Waals surface area contributed by atoms with Crippen molar-refractivity contribution in [3.8, 4) is 0 Å². The van der Waals surface area contributed by atoms with Gasteiger partial charge in [-0.15, -0.1) is 17.5 Å². The van der Waals surface area contributed by atoms with Crippen LogP contribution in [-0.4, -0.2) is 63.7 Å². The number of piperazine rings is 1. The Bertz CT molecular complexity index is 446. The minimum atomic E-state index is -0.326. The second kappa shape index (κ2) is 8.31. The molecule has 1 aliphatic rings. The van der Waals surface area contributed by atoms with Crippen LogP contribution in [0.25, 0.3) is 0 Å². The number of hydrogen-bond donors (Lipinski definition) is 2. The highest BCUT2D eigenvalue weighted by Crippen LogP contribution is 2.20. The summed E-state index contributed by atoms with van der Waals surface area (Å²) in [5.74, 6) is 0.239. The number of aromatic nitrogens is 3. The van der Waals surface area contributed by atoms with Gasteiger partial charge in [-0.3, -0.25) is 4.79 Å². The molecule has 1 amide bonds. The molecule has 0 saturated carbocycles. The number of halogens is 1. The van der Waals surface area contributed by atoms with E-state index >= 15 is 0 Å². The normalized spacial score (nSPS) is 16.7. The third-order valence-electron chi connectivity index (χ3n) is 3.52. The Morgan fingerprint density at radius 1 is 1.43 bits per heavy atom. The fraction of sp³-hybridized carbons (Fsp3) is 0.769. The van der Waals surface area contributed by atoms with Gasteiger partial charge in [-0.25, -0.2) is 4.68 Å². The van der Waals surface area contributed by atoms with Crippen molar-refractivity contribution in [3.63, 3.8) is 0 Å². The first-order valence-corrected chi connectivity index (χ1v) is 7.14. The molecule has 2 heterocycles. The molecule has 1 aromatic rings. The van der Waals surface area contributed by atoms with E-state index in [9.17, 15) is 4.79 Å². The SMILES string of the molecule is CC(C)[C@@H](C(=O)N1CCNCC1)n1cc(CCO)nn1.Cl. The largest absolute Gasteiger partial charge is 0.396 e. The molecule has 7 nitrogen and oxygen atoms in total. The quantitative estimate of drug-likeness (QED) is 0.790. The van der Waals surface area contributed by atoms with E-state index in [1.807, 2.05) is 18.7 Å². The summed E-state index contributed by atoms with van der Waals surface area (Å²) in [6.45, 7) is 7.21. The van der Waals surface area contributed by atoms with Crippen molar-refractivity contribution in [2.24, 2.45) is 5.92 Å². The summed E-state index contributed by atoms with van der Waals surface area (Å²) < 4.78 is 1.64. The molecule has 0 unspecified atom stereocenters. The minimum absolute atomic E-state index is 0. The third-order valence-corrected chi connectivity index (χ3v) is 3.52. The van der Waals surface area contributed by atoms with Crippen molar-refractivity contribution in [3.05, 3.63) is 11.9 Å². The molecule has 0 aliphatic carbocycles. The van der Waals surface area contributed by atoms with E-state index < -0.39 is 0 Å². The van der Waals surface area contributed by atoms with Crippen LogP contribution in [-0.2, 0) is 11.2 Å². The predicted molar refractivity (Wildman–Crippen MR) is 81.4 cm³/mol. The first-order valence-electron chi connectivity index (χ1n) is 7.14. The molecular weight excluding hydrogens is 294 g/mol. The van der Waals surface area contributed by atoms with Gasteiger partial charge in [0.15, 0.2) is 0 Å². The Labute approximate surface area is 131 Å². The number of nitrogens with zero attached hydrogens (tertiary/aromatic N) is 4.